The summed E-state index contributed by atoms with van der Waals surface area (Å²) in [6.07, 6.45) is 3.04. The molecule has 98 valence electrons. The Labute approximate surface area is 112 Å². The second kappa shape index (κ2) is 6.21. The van der Waals surface area contributed by atoms with Crippen LogP contribution in [0.4, 0.5) is 0 Å². The number of aliphatic carboxylic acids is 1. The predicted molar refractivity (Wildman–Crippen MR) is 71.9 cm³/mol. The third kappa shape index (κ3) is 3.72. The highest BCUT2D eigenvalue weighted by atomic mass is 35.5. The van der Waals surface area contributed by atoms with Gasteiger partial charge in [-0.3, -0.25) is 9.69 Å². The second-order valence-corrected chi connectivity index (χ2v) is 5.23. The van der Waals surface area contributed by atoms with E-state index in [1.165, 1.54) is 11.1 Å². The lowest BCUT2D eigenvalue weighted by molar-refractivity contribution is -0.137. The molecule has 4 heteroatoms. The molecule has 0 amide bonds. The number of hydrogen-bond donors (Lipinski definition) is 1. The number of fused-ring (bicyclic) bond motifs is 1. The van der Waals surface area contributed by atoms with Crippen molar-refractivity contribution >= 4 is 17.6 Å². The van der Waals surface area contributed by atoms with Crippen LogP contribution in [0.1, 0.15) is 30.4 Å². The van der Waals surface area contributed by atoms with Crippen LogP contribution in [-0.2, 0) is 17.8 Å². The lowest BCUT2D eigenvalue weighted by Crippen LogP contribution is -2.31. The number of unbranched alkanes of at least 4 members (excludes halogenated alkanes) is 1. The maximum atomic E-state index is 10.4. The van der Waals surface area contributed by atoms with E-state index in [1.807, 2.05) is 12.1 Å². The Morgan fingerprint density at radius 1 is 1.33 bits per heavy atom. The summed E-state index contributed by atoms with van der Waals surface area (Å²) in [5.41, 5.74) is 2.70. The van der Waals surface area contributed by atoms with Crippen molar-refractivity contribution in [2.24, 2.45) is 0 Å². The Morgan fingerprint density at radius 2 is 2.17 bits per heavy atom. The number of carboxylic acids is 1. The van der Waals surface area contributed by atoms with E-state index < -0.39 is 5.97 Å². The lowest BCUT2D eigenvalue weighted by atomic mass is 9.99. The fraction of sp³-hybridized carbons (Fsp3) is 0.500. The fourth-order valence-electron chi connectivity index (χ4n) is 2.39. The first-order valence-electron chi connectivity index (χ1n) is 6.36. The SMILES string of the molecule is O=C(O)CCCCN1CCc2ccc(Cl)cc2C1. The van der Waals surface area contributed by atoms with E-state index >= 15 is 0 Å². The number of carbonyl (C=O) groups is 1. The van der Waals surface area contributed by atoms with Crippen molar-refractivity contribution in [3.63, 3.8) is 0 Å². The first-order chi connectivity index (χ1) is 8.65. The molecule has 1 aromatic carbocycles. The normalized spacial score (nSPS) is 15.4. The van der Waals surface area contributed by atoms with Gasteiger partial charge in [-0.1, -0.05) is 17.7 Å². The van der Waals surface area contributed by atoms with Gasteiger partial charge in [-0.05, 0) is 49.1 Å². The summed E-state index contributed by atoms with van der Waals surface area (Å²) in [4.78, 5) is 12.8. The molecule has 1 aliphatic rings. The van der Waals surface area contributed by atoms with Crippen LogP contribution in [0.15, 0.2) is 18.2 Å². The summed E-state index contributed by atoms with van der Waals surface area (Å²) in [6, 6.07) is 6.10. The van der Waals surface area contributed by atoms with Gasteiger partial charge in [-0.15, -0.1) is 0 Å². The van der Waals surface area contributed by atoms with Crippen LogP contribution < -0.4 is 0 Å². The topological polar surface area (TPSA) is 40.5 Å². The molecule has 1 aliphatic heterocycles. The number of halogens is 1. The van der Waals surface area contributed by atoms with Crippen molar-refractivity contribution in [2.45, 2.75) is 32.2 Å². The summed E-state index contributed by atoms with van der Waals surface area (Å²) < 4.78 is 0. The molecule has 0 radical (unpaired) electrons. The number of benzene rings is 1. The van der Waals surface area contributed by atoms with Crippen molar-refractivity contribution in [1.82, 2.24) is 4.90 Å². The van der Waals surface area contributed by atoms with Gasteiger partial charge in [0.05, 0.1) is 0 Å². The first kappa shape index (κ1) is 13.4. The molecule has 1 N–H and O–H groups in total. The van der Waals surface area contributed by atoms with E-state index in [4.69, 9.17) is 16.7 Å². The van der Waals surface area contributed by atoms with E-state index in [1.54, 1.807) is 0 Å². The first-order valence-corrected chi connectivity index (χ1v) is 6.74. The molecule has 2 rings (SSSR count). The molecule has 0 bridgehead atoms. The minimum atomic E-state index is -0.703. The van der Waals surface area contributed by atoms with Crippen LogP contribution >= 0.6 is 11.6 Å². The molecule has 0 fully saturated rings. The van der Waals surface area contributed by atoms with Crippen LogP contribution in [0, 0.1) is 0 Å². The highest BCUT2D eigenvalue weighted by molar-refractivity contribution is 6.30. The van der Waals surface area contributed by atoms with E-state index in [0.29, 0.717) is 0 Å². The van der Waals surface area contributed by atoms with Gasteiger partial charge < -0.3 is 5.11 Å². The highest BCUT2D eigenvalue weighted by Gasteiger charge is 2.15. The summed E-state index contributed by atoms with van der Waals surface area (Å²) >= 11 is 6.00. The molecule has 0 spiro atoms. The van der Waals surface area contributed by atoms with Gasteiger partial charge in [0.2, 0.25) is 0 Å². The summed E-state index contributed by atoms with van der Waals surface area (Å²) in [5.74, 6) is -0.703. The second-order valence-electron chi connectivity index (χ2n) is 4.79. The van der Waals surface area contributed by atoms with Crippen LogP contribution in [0.25, 0.3) is 0 Å². The van der Waals surface area contributed by atoms with Gasteiger partial charge in [-0.2, -0.15) is 0 Å². The number of rotatable bonds is 5. The standard InChI is InChI=1S/C14H18ClNO2/c15-13-5-4-11-6-8-16(10-12(11)9-13)7-2-1-3-14(17)18/h4-5,9H,1-3,6-8,10H2,(H,17,18). The summed E-state index contributed by atoms with van der Waals surface area (Å²) in [6.45, 7) is 2.96. The smallest absolute Gasteiger partial charge is 0.303 e. The van der Waals surface area contributed by atoms with Gasteiger partial charge in [0, 0.05) is 24.5 Å². The quantitative estimate of drug-likeness (QED) is 0.834. The van der Waals surface area contributed by atoms with Crippen molar-refractivity contribution < 1.29 is 9.90 Å². The van der Waals surface area contributed by atoms with Gasteiger partial charge in [0.25, 0.3) is 0 Å². The third-order valence-corrected chi connectivity index (χ3v) is 3.61. The van der Waals surface area contributed by atoms with Crippen LogP contribution in [0.2, 0.25) is 5.02 Å². The zero-order chi connectivity index (χ0) is 13.0. The Kier molecular flexibility index (Phi) is 4.61. The molecular formula is C14H18ClNO2. The molecule has 1 heterocycles. The van der Waals surface area contributed by atoms with E-state index in [-0.39, 0.29) is 6.42 Å². The Balaban J connectivity index is 1.82. The summed E-state index contributed by atoms with van der Waals surface area (Å²) in [5, 5.41) is 9.38. The fourth-order valence-corrected chi connectivity index (χ4v) is 2.58. The minimum absolute atomic E-state index is 0.274. The Morgan fingerprint density at radius 3 is 2.94 bits per heavy atom. The highest BCUT2D eigenvalue weighted by Crippen LogP contribution is 2.22. The molecule has 0 saturated heterocycles. The maximum absolute atomic E-state index is 10.4. The molecule has 0 unspecified atom stereocenters. The molecule has 0 aromatic heterocycles. The van der Waals surface area contributed by atoms with E-state index in [9.17, 15) is 4.79 Å². The summed E-state index contributed by atoms with van der Waals surface area (Å²) in [7, 11) is 0. The van der Waals surface area contributed by atoms with E-state index in [0.717, 1.165) is 43.9 Å². The molecule has 3 nitrogen and oxygen atoms in total. The molecule has 18 heavy (non-hydrogen) atoms. The molecule has 1 aromatic rings. The average Bonchev–Trinajstić information content (AvgIpc) is 2.34. The van der Waals surface area contributed by atoms with Crippen molar-refractivity contribution in [3.05, 3.63) is 34.3 Å². The van der Waals surface area contributed by atoms with Gasteiger partial charge in [-0.25, -0.2) is 0 Å². The maximum Gasteiger partial charge on any atom is 0.303 e. The third-order valence-electron chi connectivity index (χ3n) is 3.37. The average molecular weight is 268 g/mol. The van der Waals surface area contributed by atoms with E-state index in [2.05, 4.69) is 11.0 Å². The minimum Gasteiger partial charge on any atom is -0.481 e. The molecule has 0 aliphatic carbocycles. The molecule has 0 saturated carbocycles. The van der Waals surface area contributed by atoms with Crippen molar-refractivity contribution in [3.8, 4) is 0 Å². The molecule has 0 atom stereocenters. The Bertz CT molecular complexity index is 434. The largest absolute Gasteiger partial charge is 0.481 e. The monoisotopic (exact) mass is 267 g/mol. The van der Waals surface area contributed by atoms with Crippen LogP contribution in [0.5, 0.6) is 0 Å². The number of nitrogens with zero attached hydrogens (tertiary/aromatic N) is 1. The van der Waals surface area contributed by atoms with Crippen molar-refractivity contribution in [2.75, 3.05) is 13.1 Å². The zero-order valence-electron chi connectivity index (χ0n) is 10.4. The van der Waals surface area contributed by atoms with Gasteiger partial charge in [0.15, 0.2) is 0 Å². The van der Waals surface area contributed by atoms with Crippen LogP contribution in [-0.4, -0.2) is 29.1 Å². The van der Waals surface area contributed by atoms with Gasteiger partial charge in [0.1, 0.15) is 0 Å². The number of hydrogen-bond acceptors (Lipinski definition) is 2. The van der Waals surface area contributed by atoms with Crippen LogP contribution in [0.3, 0.4) is 0 Å². The zero-order valence-corrected chi connectivity index (χ0v) is 11.1. The molecular weight excluding hydrogens is 250 g/mol. The lowest BCUT2D eigenvalue weighted by Gasteiger charge is -2.28. The number of carboxylic acid groups (broad SMARTS) is 1. The predicted octanol–water partition coefficient (Wildman–Crippen LogP) is 2.95. The van der Waals surface area contributed by atoms with Crippen molar-refractivity contribution in [1.29, 1.82) is 0 Å². The Hall–Kier alpha value is -1.06. The van der Waals surface area contributed by atoms with Gasteiger partial charge >= 0.3 is 5.97 Å².